The Hall–Kier alpha value is -3.08. The number of nitrogens with one attached hydrogen (secondary N) is 2. The quantitative estimate of drug-likeness (QED) is 0.761. The van der Waals surface area contributed by atoms with Crippen molar-refractivity contribution in [3.63, 3.8) is 0 Å². The Labute approximate surface area is 159 Å². The fraction of sp³-hybridized carbons (Fsp3) is 0.273. The molecule has 0 heterocycles. The van der Waals surface area contributed by atoms with Crippen LogP contribution in [0.1, 0.15) is 41.6 Å². The topological polar surface area (TPSA) is 67.4 Å². The second-order valence-corrected chi connectivity index (χ2v) is 6.63. The van der Waals surface area contributed by atoms with Crippen LogP contribution in [0.25, 0.3) is 6.08 Å². The lowest BCUT2D eigenvalue weighted by Crippen LogP contribution is -2.32. The molecule has 2 N–H and O–H groups in total. The van der Waals surface area contributed by atoms with E-state index in [9.17, 15) is 9.59 Å². The Bertz CT molecular complexity index is 822. The Morgan fingerprint density at radius 2 is 1.81 bits per heavy atom. The third-order valence-electron chi connectivity index (χ3n) is 4.63. The summed E-state index contributed by atoms with van der Waals surface area (Å²) in [5.74, 6) is 0.447. The van der Waals surface area contributed by atoms with Gasteiger partial charge in [0.2, 0.25) is 5.91 Å². The maximum Gasteiger partial charge on any atom is 0.251 e. The molecule has 1 saturated carbocycles. The van der Waals surface area contributed by atoms with Crippen LogP contribution in [0, 0.1) is 0 Å². The molecule has 0 atom stereocenters. The number of rotatable bonds is 6. The largest absolute Gasteiger partial charge is 0.497 e. The number of hydrogen-bond acceptors (Lipinski definition) is 3. The Morgan fingerprint density at radius 1 is 1.07 bits per heavy atom. The molecule has 0 spiro atoms. The minimum absolute atomic E-state index is 0.0577. The van der Waals surface area contributed by atoms with Crippen molar-refractivity contribution in [2.45, 2.75) is 31.7 Å². The molecule has 0 saturated heterocycles. The van der Waals surface area contributed by atoms with E-state index in [0.29, 0.717) is 17.3 Å². The zero-order chi connectivity index (χ0) is 19.1. The molecule has 1 aliphatic rings. The van der Waals surface area contributed by atoms with Gasteiger partial charge in [0.15, 0.2) is 0 Å². The number of methoxy groups -OCH3 is 1. The van der Waals surface area contributed by atoms with Crippen molar-refractivity contribution in [2.75, 3.05) is 12.4 Å². The predicted molar refractivity (Wildman–Crippen MR) is 107 cm³/mol. The second-order valence-electron chi connectivity index (χ2n) is 6.63. The number of ether oxygens (including phenoxy) is 1. The van der Waals surface area contributed by atoms with Crippen molar-refractivity contribution in [2.24, 2.45) is 0 Å². The maximum atomic E-state index is 12.2. The van der Waals surface area contributed by atoms with Crippen LogP contribution in [0.15, 0.2) is 54.6 Å². The lowest BCUT2D eigenvalue weighted by molar-refractivity contribution is -0.111. The Kier molecular flexibility index (Phi) is 6.26. The van der Waals surface area contributed by atoms with Crippen molar-refractivity contribution in [1.82, 2.24) is 5.32 Å². The number of anilines is 1. The van der Waals surface area contributed by atoms with Crippen molar-refractivity contribution in [1.29, 1.82) is 0 Å². The van der Waals surface area contributed by atoms with Crippen LogP contribution in [-0.2, 0) is 4.79 Å². The Morgan fingerprint density at radius 3 is 2.52 bits per heavy atom. The molecule has 1 aliphatic carbocycles. The number of carbonyl (C=O) groups is 2. The van der Waals surface area contributed by atoms with Gasteiger partial charge in [-0.1, -0.05) is 25.0 Å². The normalized spacial score (nSPS) is 14.3. The summed E-state index contributed by atoms with van der Waals surface area (Å²) in [6.07, 6.45) is 7.66. The summed E-state index contributed by atoms with van der Waals surface area (Å²) >= 11 is 0. The first-order chi connectivity index (χ1) is 13.1. The minimum atomic E-state index is -0.235. The summed E-state index contributed by atoms with van der Waals surface area (Å²) in [5.41, 5.74) is 2.13. The average molecular weight is 364 g/mol. The summed E-state index contributed by atoms with van der Waals surface area (Å²) in [5, 5.41) is 5.85. The van der Waals surface area contributed by atoms with Crippen LogP contribution in [0.5, 0.6) is 5.75 Å². The maximum absolute atomic E-state index is 12.2. The standard InChI is InChI=1S/C22H24N2O3/c1-27-20-8-4-5-16(15-20)9-14-21(25)23-19-12-10-17(11-13-19)22(26)24-18-6-2-3-7-18/h4-5,8-15,18H,2-3,6-7H2,1H3,(H,23,25)(H,24,26)/b14-9+. The van der Waals surface area contributed by atoms with E-state index < -0.39 is 0 Å². The molecule has 0 aromatic heterocycles. The van der Waals surface area contributed by atoms with E-state index in [1.54, 1.807) is 37.5 Å². The van der Waals surface area contributed by atoms with Gasteiger partial charge < -0.3 is 15.4 Å². The van der Waals surface area contributed by atoms with Crippen LogP contribution < -0.4 is 15.4 Å². The van der Waals surface area contributed by atoms with E-state index >= 15 is 0 Å². The first-order valence-corrected chi connectivity index (χ1v) is 9.18. The summed E-state index contributed by atoms with van der Waals surface area (Å²) in [6.45, 7) is 0. The smallest absolute Gasteiger partial charge is 0.251 e. The number of carbonyl (C=O) groups excluding carboxylic acids is 2. The van der Waals surface area contributed by atoms with Crippen molar-refractivity contribution >= 4 is 23.6 Å². The van der Waals surface area contributed by atoms with Gasteiger partial charge in [-0.2, -0.15) is 0 Å². The highest BCUT2D eigenvalue weighted by molar-refractivity contribution is 6.02. The van der Waals surface area contributed by atoms with Crippen LogP contribution >= 0.6 is 0 Å². The number of amides is 2. The van der Waals surface area contributed by atoms with E-state index in [4.69, 9.17) is 4.74 Å². The molecular formula is C22H24N2O3. The Balaban J connectivity index is 1.54. The fourth-order valence-electron chi connectivity index (χ4n) is 3.14. The molecule has 0 radical (unpaired) electrons. The zero-order valence-electron chi connectivity index (χ0n) is 15.4. The van der Waals surface area contributed by atoms with E-state index in [0.717, 1.165) is 24.2 Å². The molecule has 140 valence electrons. The first-order valence-electron chi connectivity index (χ1n) is 9.18. The van der Waals surface area contributed by atoms with Crippen molar-refractivity contribution < 1.29 is 14.3 Å². The van der Waals surface area contributed by atoms with E-state index in [-0.39, 0.29) is 11.8 Å². The van der Waals surface area contributed by atoms with Gasteiger partial charge in [0.05, 0.1) is 7.11 Å². The monoisotopic (exact) mass is 364 g/mol. The molecule has 0 aliphatic heterocycles. The van der Waals surface area contributed by atoms with Gasteiger partial charge in [-0.25, -0.2) is 0 Å². The molecule has 1 fully saturated rings. The van der Waals surface area contributed by atoms with Crippen LogP contribution in [0.4, 0.5) is 5.69 Å². The van der Waals surface area contributed by atoms with Crippen molar-refractivity contribution in [3.05, 3.63) is 65.7 Å². The molecule has 5 heteroatoms. The number of hydrogen-bond donors (Lipinski definition) is 2. The zero-order valence-corrected chi connectivity index (χ0v) is 15.4. The highest BCUT2D eigenvalue weighted by Gasteiger charge is 2.17. The molecule has 27 heavy (non-hydrogen) atoms. The summed E-state index contributed by atoms with van der Waals surface area (Å²) in [4.78, 5) is 24.3. The van der Waals surface area contributed by atoms with Gasteiger partial charge in [-0.05, 0) is 60.9 Å². The molecule has 2 aromatic carbocycles. The minimum Gasteiger partial charge on any atom is -0.497 e. The number of benzene rings is 2. The molecule has 0 bridgehead atoms. The summed E-state index contributed by atoms with van der Waals surface area (Å²) in [7, 11) is 1.60. The molecule has 3 rings (SSSR count). The predicted octanol–water partition coefficient (Wildman–Crippen LogP) is 4.02. The molecule has 5 nitrogen and oxygen atoms in total. The van der Waals surface area contributed by atoms with Gasteiger partial charge in [-0.15, -0.1) is 0 Å². The summed E-state index contributed by atoms with van der Waals surface area (Å²) < 4.78 is 5.16. The van der Waals surface area contributed by atoms with Gasteiger partial charge in [0.25, 0.3) is 5.91 Å². The highest BCUT2D eigenvalue weighted by atomic mass is 16.5. The van der Waals surface area contributed by atoms with E-state index in [1.165, 1.54) is 18.9 Å². The van der Waals surface area contributed by atoms with Gasteiger partial charge in [0, 0.05) is 23.4 Å². The SMILES string of the molecule is COc1cccc(/C=C/C(=O)Nc2ccc(C(=O)NC3CCCC3)cc2)c1. The summed E-state index contributed by atoms with van der Waals surface area (Å²) in [6, 6.07) is 14.7. The van der Waals surface area contributed by atoms with Gasteiger partial charge >= 0.3 is 0 Å². The second kappa shape index (κ2) is 9.03. The fourth-order valence-corrected chi connectivity index (χ4v) is 3.14. The van der Waals surface area contributed by atoms with Crippen LogP contribution in [-0.4, -0.2) is 25.0 Å². The van der Waals surface area contributed by atoms with E-state index in [2.05, 4.69) is 10.6 Å². The molecular weight excluding hydrogens is 340 g/mol. The highest BCUT2D eigenvalue weighted by Crippen LogP contribution is 2.18. The van der Waals surface area contributed by atoms with Crippen LogP contribution in [0.3, 0.4) is 0 Å². The van der Waals surface area contributed by atoms with Crippen molar-refractivity contribution in [3.8, 4) is 5.75 Å². The lowest BCUT2D eigenvalue weighted by atomic mass is 10.1. The molecule has 2 aromatic rings. The van der Waals surface area contributed by atoms with Gasteiger partial charge in [-0.3, -0.25) is 9.59 Å². The van der Waals surface area contributed by atoms with Gasteiger partial charge in [0.1, 0.15) is 5.75 Å². The third kappa shape index (κ3) is 5.45. The first kappa shape index (κ1) is 18.7. The van der Waals surface area contributed by atoms with Crippen LogP contribution in [0.2, 0.25) is 0 Å². The average Bonchev–Trinajstić information content (AvgIpc) is 3.20. The molecule has 2 amide bonds. The van der Waals surface area contributed by atoms with E-state index in [1.807, 2.05) is 24.3 Å². The molecule has 0 unspecified atom stereocenters. The third-order valence-corrected chi connectivity index (χ3v) is 4.63. The lowest BCUT2D eigenvalue weighted by Gasteiger charge is -2.12.